The lowest BCUT2D eigenvalue weighted by molar-refractivity contribution is -0.162. The van der Waals surface area contributed by atoms with Crippen molar-refractivity contribution in [1.82, 2.24) is 4.90 Å². The molecule has 2 heterocycles. The molecule has 23 heavy (non-hydrogen) atoms. The van der Waals surface area contributed by atoms with Crippen molar-refractivity contribution in [2.45, 2.75) is 45.0 Å². The van der Waals surface area contributed by atoms with E-state index in [4.69, 9.17) is 4.74 Å². The first kappa shape index (κ1) is 15.6. The van der Waals surface area contributed by atoms with Gasteiger partial charge in [-0.3, -0.25) is 9.59 Å². The summed E-state index contributed by atoms with van der Waals surface area (Å²) in [6.45, 7) is 7.77. The van der Waals surface area contributed by atoms with E-state index in [9.17, 15) is 9.59 Å². The van der Waals surface area contributed by atoms with Gasteiger partial charge in [0.15, 0.2) is 6.04 Å². The molecule has 0 saturated carbocycles. The smallest absolute Gasteiger partial charge is 0.305 e. The number of azo groups is 1. The number of fused-ring (bicyclic) bond motifs is 1. The summed E-state index contributed by atoms with van der Waals surface area (Å²) < 4.78 is 5.63. The Morgan fingerprint density at radius 2 is 1.96 bits per heavy atom. The summed E-state index contributed by atoms with van der Waals surface area (Å²) in [5.74, 6) is -0.799. The van der Waals surface area contributed by atoms with Crippen molar-refractivity contribution in [2.24, 2.45) is 16.1 Å². The normalized spacial score (nSPS) is 29.7. The zero-order chi connectivity index (χ0) is 16.8. The molecule has 0 N–H and O–H groups in total. The monoisotopic (exact) mass is 315 g/mol. The minimum atomic E-state index is -1.21. The van der Waals surface area contributed by atoms with Gasteiger partial charge >= 0.3 is 5.97 Å². The van der Waals surface area contributed by atoms with E-state index >= 15 is 0 Å². The van der Waals surface area contributed by atoms with Crippen molar-refractivity contribution in [3.63, 3.8) is 0 Å². The molecule has 1 amide bonds. The topological polar surface area (TPSA) is 71.3 Å². The van der Waals surface area contributed by atoms with Crippen LogP contribution in [-0.4, -0.2) is 34.9 Å². The zero-order valence-corrected chi connectivity index (χ0v) is 13.8. The molecule has 1 aromatic rings. The number of carbonyl (C=O) groups excluding carboxylic acids is 2. The Labute approximate surface area is 135 Å². The van der Waals surface area contributed by atoms with Crippen molar-refractivity contribution in [3.8, 4) is 0 Å². The van der Waals surface area contributed by atoms with Crippen LogP contribution in [0.2, 0.25) is 0 Å². The summed E-state index contributed by atoms with van der Waals surface area (Å²) in [6.07, 6.45) is 0. The fourth-order valence-corrected chi connectivity index (χ4v) is 3.34. The second-order valence-electron chi connectivity index (χ2n) is 7.04. The molecule has 1 saturated heterocycles. The van der Waals surface area contributed by atoms with E-state index in [0.717, 1.165) is 5.56 Å². The van der Waals surface area contributed by atoms with Gasteiger partial charge in [0.2, 0.25) is 5.91 Å². The lowest BCUT2D eigenvalue weighted by Crippen LogP contribution is -2.44. The van der Waals surface area contributed by atoms with Gasteiger partial charge in [0.05, 0.1) is 5.92 Å². The molecular formula is C17H21N3O3. The lowest BCUT2D eigenvalue weighted by atomic mass is 9.87. The molecule has 122 valence electrons. The number of hydrogen-bond acceptors (Lipinski definition) is 5. The first-order chi connectivity index (χ1) is 10.8. The number of nitrogens with zero attached hydrogens (tertiary/aromatic N) is 3. The van der Waals surface area contributed by atoms with E-state index in [-0.39, 0.29) is 17.4 Å². The molecular weight excluding hydrogens is 294 g/mol. The zero-order valence-electron chi connectivity index (χ0n) is 13.8. The van der Waals surface area contributed by atoms with E-state index in [1.807, 2.05) is 51.1 Å². The number of carbonyl (C=O) groups is 2. The maximum Gasteiger partial charge on any atom is 0.305 e. The molecule has 6 nitrogen and oxygen atoms in total. The van der Waals surface area contributed by atoms with Crippen LogP contribution in [0.4, 0.5) is 0 Å². The third-order valence-corrected chi connectivity index (χ3v) is 4.41. The molecule has 1 fully saturated rings. The highest BCUT2D eigenvalue weighted by molar-refractivity contribution is 5.86. The maximum atomic E-state index is 12.7. The molecule has 2 aliphatic rings. The highest BCUT2D eigenvalue weighted by atomic mass is 16.6. The van der Waals surface area contributed by atoms with Gasteiger partial charge in [-0.15, -0.1) is 5.11 Å². The minimum absolute atomic E-state index is 0.0591. The van der Waals surface area contributed by atoms with Crippen molar-refractivity contribution >= 4 is 11.9 Å². The van der Waals surface area contributed by atoms with E-state index in [2.05, 4.69) is 10.2 Å². The standard InChI is InChI=1S/C17H21N3O3/c1-11(21)23-17(12-8-6-5-7-9-12)13-10-20(16(2,3)4)15(22)14(13)18-19-17/h5-9,13-14H,10H2,1-4H3/t13-,14-,17+/m1/s1. The van der Waals surface area contributed by atoms with Crippen LogP contribution in [0, 0.1) is 5.92 Å². The Kier molecular flexibility index (Phi) is 3.50. The summed E-state index contributed by atoms with van der Waals surface area (Å²) in [5.41, 5.74) is -0.779. The van der Waals surface area contributed by atoms with Gasteiger partial charge in [-0.2, -0.15) is 5.11 Å². The maximum absolute atomic E-state index is 12.7. The Balaban J connectivity index is 2.05. The largest absolute Gasteiger partial charge is 0.431 e. The number of amides is 1. The molecule has 3 atom stereocenters. The fourth-order valence-electron chi connectivity index (χ4n) is 3.34. The van der Waals surface area contributed by atoms with Crippen LogP contribution in [0.25, 0.3) is 0 Å². The summed E-state index contributed by atoms with van der Waals surface area (Å²) in [4.78, 5) is 26.2. The van der Waals surface area contributed by atoms with Crippen LogP contribution in [0.1, 0.15) is 33.3 Å². The molecule has 0 radical (unpaired) electrons. The number of esters is 1. The summed E-state index contributed by atoms with van der Waals surface area (Å²) >= 11 is 0. The predicted octanol–water partition coefficient (Wildman–Crippen LogP) is 2.49. The van der Waals surface area contributed by atoms with Crippen molar-refractivity contribution < 1.29 is 14.3 Å². The van der Waals surface area contributed by atoms with Gasteiger partial charge < -0.3 is 9.64 Å². The predicted molar refractivity (Wildman–Crippen MR) is 83.5 cm³/mol. The average Bonchev–Trinajstić information content (AvgIpc) is 2.99. The fraction of sp³-hybridized carbons (Fsp3) is 0.529. The molecule has 3 rings (SSSR count). The molecule has 0 spiro atoms. The summed E-state index contributed by atoms with van der Waals surface area (Å²) in [6, 6.07) is 8.73. The second-order valence-corrected chi connectivity index (χ2v) is 7.04. The van der Waals surface area contributed by atoms with Crippen LogP contribution >= 0.6 is 0 Å². The lowest BCUT2D eigenvalue weighted by Gasteiger charge is -2.35. The van der Waals surface area contributed by atoms with E-state index in [0.29, 0.717) is 6.54 Å². The molecule has 0 bridgehead atoms. The van der Waals surface area contributed by atoms with Crippen molar-refractivity contribution in [2.75, 3.05) is 6.54 Å². The molecule has 1 aromatic carbocycles. The molecule has 2 aliphatic heterocycles. The number of rotatable bonds is 2. The highest BCUT2D eigenvalue weighted by Gasteiger charge is 2.61. The van der Waals surface area contributed by atoms with E-state index < -0.39 is 17.7 Å². The SMILES string of the molecule is CC(=O)O[C@]1(c2ccccc2)N=N[C@H]2C(=O)N(C(C)(C)C)C[C@H]21. The first-order valence-electron chi connectivity index (χ1n) is 7.74. The first-order valence-corrected chi connectivity index (χ1v) is 7.74. The minimum Gasteiger partial charge on any atom is -0.431 e. The summed E-state index contributed by atoms with van der Waals surface area (Å²) in [5, 5.41) is 8.45. The van der Waals surface area contributed by atoms with E-state index in [1.165, 1.54) is 6.92 Å². The van der Waals surface area contributed by atoms with Crippen molar-refractivity contribution in [1.29, 1.82) is 0 Å². The molecule has 0 aromatic heterocycles. The summed E-state index contributed by atoms with van der Waals surface area (Å²) in [7, 11) is 0. The van der Waals surface area contributed by atoms with E-state index in [1.54, 1.807) is 4.90 Å². The van der Waals surface area contributed by atoms with Gasteiger partial charge in [-0.05, 0) is 20.8 Å². The Morgan fingerprint density at radius 3 is 2.52 bits per heavy atom. The molecule has 6 heteroatoms. The van der Waals surface area contributed by atoms with Crippen LogP contribution in [-0.2, 0) is 20.1 Å². The Hall–Kier alpha value is -2.24. The second kappa shape index (κ2) is 5.15. The van der Waals surface area contributed by atoms with Gasteiger partial charge in [0, 0.05) is 24.6 Å². The van der Waals surface area contributed by atoms with Crippen LogP contribution in [0.5, 0.6) is 0 Å². The highest BCUT2D eigenvalue weighted by Crippen LogP contribution is 2.48. The average molecular weight is 315 g/mol. The molecule has 0 aliphatic carbocycles. The Morgan fingerprint density at radius 1 is 1.30 bits per heavy atom. The number of benzene rings is 1. The van der Waals surface area contributed by atoms with Crippen LogP contribution in [0.3, 0.4) is 0 Å². The quantitative estimate of drug-likeness (QED) is 0.787. The third kappa shape index (κ3) is 2.42. The Bertz CT molecular complexity index is 665. The van der Waals surface area contributed by atoms with Crippen LogP contribution in [0.15, 0.2) is 40.6 Å². The van der Waals surface area contributed by atoms with Gasteiger partial charge in [0.1, 0.15) is 0 Å². The third-order valence-electron chi connectivity index (χ3n) is 4.41. The molecule has 0 unspecified atom stereocenters. The van der Waals surface area contributed by atoms with Gasteiger partial charge in [-0.25, -0.2) is 0 Å². The van der Waals surface area contributed by atoms with Gasteiger partial charge in [0.25, 0.3) is 5.72 Å². The van der Waals surface area contributed by atoms with Gasteiger partial charge in [-0.1, -0.05) is 30.3 Å². The van der Waals surface area contributed by atoms with Crippen LogP contribution < -0.4 is 0 Å². The number of hydrogen-bond donors (Lipinski definition) is 0. The number of likely N-dealkylation sites (tertiary alicyclic amines) is 1. The number of ether oxygens (including phenoxy) is 1. The van der Waals surface area contributed by atoms with Crippen molar-refractivity contribution in [3.05, 3.63) is 35.9 Å².